The van der Waals surface area contributed by atoms with E-state index in [9.17, 15) is 33.9 Å². The minimum Gasteiger partial charge on any atom is -0.480 e. The second kappa shape index (κ2) is 16.7. The number of aliphatic carboxylic acids is 1. The summed E-state index contributed by atoms with van der Waals surface area (Å²) in [6.07, 6.45) is 0.701. The smallest absolute Gasteiger partial charge is 0.326 e. The highest BCUT2D eigenvalue weighted by molar-refractivity contribution is 7.80. The lowest BCUT2D eigenvalue weighted by atomic mass is 10.1. The summed E-state index contributed by atoms with van der Waals surface area (Å²) in [5, 5.41) is 16.8. The summed E-state index contributed by atoms with van der Waals surface area (Å²) in [7, 11) is 0. The Bertz CT molecular complexity index is 949. The maximum absolute atomic E-state index is 13.2. The van der Waals surface area contributed by atoms with Gasteiger partial charge in [0.05, 0.1) is 12.5 Å². The van der Waals surface area contributed by atoms with E-state index in [0.29, 0.717) is 12.8 Å². The number of nitrogens with zero attached hydrogens (tertiary/aromatic N) is 2. The van der Waals surface area contributed by atoms with Crippen molar-refractivity contribution >= 4 is 66.7 Å². The average Bonchev–Trinajstić information content (AvgIpc) is 3.36. The number of thiol groups is 2. The predicted octanol–water partition coefficient (Wildman–Crippen LogP) is -4.37. The van der Waals surface area contributed by atoms with Crippen molar-refractivity contribution in [2.75, 3.05) is 24.6 Å². The average molecular weight is 592 g/mol. The molecule has 0 aromatic heterocycles. The lowest BCUT2D eigenvalue weighted by molar-refractivity contribution is -0.144. The van der Waals surface area contributed by atoms with Gasteiger partial charge in [0.2, 0.25) is 29.5 Å². The van der Waals surface area contributed by atoms with Crippen molar-refractivity contribution in [1.82, 2.24) is 20.9 Å². The molecule has 1 rings (SSSR count). The normalized spacial score (nSPS) is 17.7. The van der Waals surface area contributed by atoms with Crippen LogP contribution < -0.4 is 38.9 Å². The molecule has 39 heavy (non-hydrogen) atoms. The third-order valence-corrected chi connectivity index (χ3v) is 6.50. The second-order valence-corrected chi connectivity index (χ2v) is 9.53. The van der Waals surface area contributed by atoms with E-state index in [1.165, 1.54) is 4.90 Å². The third-order valence-electron chi connectivity index (χ3n) is 5.77. The maximum Gasteiger partial charge on any atom is 0.326 e. The van der Waals surface area contributed by atoms with Crippen molar-refractivity contribution < 1.29 is 33.9 Å². The van der Waals surface area contributed by atoms with Gasteiger partial charge >= 0.3 is 5.97 Å². The van der Waals surface area contributed by atoms with Crippen molar-refractivity contribution in [3.8, 4) is 0 Å². The number of hydrogen-bond donors (Lipinski definition) is 10. The van der Waals surface area contributed by atoms with Crippen LogP contribution in [0.4, 0.5) is 0 Å². The van der Waals surface area contributed by atoms with Gasteiger partial charge in [0.15, 0.2) is 5.96 Å². The zero-order chi connectivity index (χ0) is 29.7. The number of nitrogens with one attached hydrogen (secondary N) is 3. The highest BCUT2D eigenvalue weighted by atomic mass is 32.1. The zero-order valence-corrected chi connectivity index (χ0v) is 23.0. The molecular formula is C21H37N9O7S2. The van der Waals surface area contributed by atoms with Crippen LogP contribution in [0.2, 0.25) is 0 Å². The molecule has 18 heteroatoms. The molecule has 0 radical (unpaired) electrons. The Morgan fingerprint density at radius 3 is 2.10 bits per heavy atom. The molecule has 16 nitrogen and oxygen atoms in total. The second-order valence-electron chi connectivity index (χ2n) is 8.80. The van der Waals surface area contributed by atoms with Crippen LogP contribution in [0.3, 0.4) is 0 Å². The molecule has 12 N–H and O–H groups in total. The van der Waals surface area contributed by atoms with Crippen LogP contribution in [0, 0.1) is 0 Å². The fraction of sp³-hybridized carbons (Fsp3) is 0.667. The molecule has 220 valence electrons. The molecule has 1 aliphatic rings. The maximum atomic E-state index is 13.2. The van der Waals surface area contributed by atoms with Gasteiger partial charge in [-0.2, -0.15) is 25.3 Å². The van der Waals surface area contributed by atoms with Gasteiger partial charge < -0.3 is 48.9 Å². The Morgan fingerprint density at radius 2 is 1.56 bits per heavy atom. The van der Waals surface area contributed by atoms with Crippen molar-refractivity contribution in [2.24, 2.45) is 27.9 Å². The highest BCUT2D eigenvalue weighted by Gasteiger charge is 2.39. The molecule has 1 fully saturated rings. The van der Waals surface area contributed by atoms with Gasteiger partial charge in [-0.05, 0) is 25.7 Å². The standard InChI is InChI=1S/C21H37N9O7S2/c22-10(7-15(23)31)16(32)28-12(8-38)17(33)29-13(9-39)19(35)30-6-2-4-14(30)18(34)27-11(20(36)37)3-1-5-26-21(24)25/h10-14,38-39H,1-9,22H2,(H2,23,31)(H,27,34)(H,28,32)(H,29,33)(H,36,37)(H4,24,25,26)/t10-,11-,12-,13-,14-/m0/s1. The lowest BCUT2D eigenvalue weighted by Crippen LogP contribution is -2.59. The van der Waals surface area contributed by atoms with Crippen LogP contribution >= 0.6 is 25.3 Å². The number of rotatable bonds is 16. The number of hydrogen-bond acceptors (Lipinski definition) is 10. The molecule has 0 aliphatic carbocycles. The van der Waals surface area contributed by atoms with E-state index in [1.807, 2.05) is 0 Å². The van der Waals surface area contributed by atoms with Crippen LogP contribution in [0.15, 0.2) is 4.99 Å². The van der Waals surface area contributed by atoms with Gasteiger partial charge in [0.25, 0.3) is 0 Å². The number of likely N-dealkylation sites (tertiary alicyclic amines) is 1. The van der Waals surface area contributed by atoms with Crippen LogP contribution in [0.1, 0.15) is 32.1 Å². The summed E-state index contributed by atoms with van der Waals surface area (Å²) < 4.78 is 0. The highest BCUT2D eigenvalue weighted by Crippen LogP contribution is 2.19. The summed E-state index contributed by atoms with van der Waals surface area (Å²) in [6, 6.07) is -5.80. The van der Waals surface area contributed by atoms with Crippen molar-refractivity contribution in [3.05, 3.63) is 0 Å². The Balaban J connectivity index is 2.84. The molecule has 1 heterocycles. The van der Waals surface area contributed by atoms with E-state index >= 15 is 0 Å². The van der Waals surface area contributed by atoms with Gasteiger partial charge in [0, 0.05) is 24.6 Å². The number of carboxylic acids is 1. The Kier molecular flexibility index (Phi) is 14.4. The topological polar surface area (TPSA) is 278 Å². The Morgan fingerprint density at radius 1 is 0.949 bits per heavy atom. The zero-order valence-electron chi connectivity index (χ0n) is 21.2. The molecule has 1 saturated heterocycles. The first-order valence-electron chi connectivity index (χ1n) is 12.1. The molecule has 0 aromatic carbocycles. The first-order chi connectivity index (χ1) is 18.3. The molecule has 0 spiro atoms. The van der Waals surface area contributed by atoms with E-state index in [-0.39, 0.29) is 43.4 Å². The van der Waals surface area contributed by atoms with Crippen LogP contribution in [0.25, 0.3) is 0 Å². The molecule has 0 bridgehead atoms. The number of carbonyl (C=O) groups excluding carboxylic acids is 5. The summed E-state index contributed by atoms with van der Waals surface area (Å²) in [5.41, 5.74) is 21.1. The predicted molar refractivity (Wildman–Crippen MR) is 148 cm³/mol. The van der Waals surface area contributed by atoms with E-state index in [1.54, 1.807) is 0 Å². The Labute approximate surface area is 236 Å². The van der Waals surface area contributed by atoms with Crippen molar-refractivity contribution in [3.63, 3.8) is 0 Å². The SMILES string of the molecule is NC(=O)C[C@H](N)C(=O)N[C@@H](CS)C(=O)N[C@@H](CS)C(=O)N1CCC[C@H]1C(=O)N[C@@H](CCCN=C(N)N)C(=O)O. The molecule has 0 aromatic rings. The summed E-state index contributed by atoms with van der Waals surface area (Å²) in [4.78, 5) is 78.7. The largest absolute Gasteiger partial charge is 0.480 e. The van der Waals surface area contributed by atoms with Crippen molar-refractivity contribution in [2.45, 2.75) is 62.3 Å². The summed E-state index contributed by atoms with van der Waals surface area (Å²) in [6.45, 7) is 0.387. The number of carboxylic acid groups (broad SMARTS) is 1. The van der Waals surface area contributed by atoms with Gasteiger partial charge in [-0.15, -0.1) is 0 Å². The molecule has 5 amide bonds. The third kappa shape index (κ3) is 11.2. The minimum atomic E-state index is -1.27. The summed E-state index contributed by atoms with van der Waals surface area (Å²) >= 11 is 8.18. The molecule has 5 atom stereocenters. The van der Waals surface area contributed by atoms with E-state index in [0.717, 1.165) is 0 Å². The van der Waals surface area contributed by atoms with Crippen LogP contribution in [0.5, 0.6) is 0 Å². The number of aliphatic imine (C=N–C) groups is 1. The fourth-order valence-corrected chi connectivity index (χ4v) is 4.28. The molecule has 0 unspecified atom stereocenters. The monoisotopic (exact) mass is 591 g/mol. The van der Waals surface area contributed by atoms with E-state index < -0.39 is 72.1 Å². The number of carbonyl (C=O) groups is 6. The van der Waals surface area contributed by atoms with Crippen LogP contribution in [-0.4, -0.2) is 106 Å². The van der Waals surface area contributed by atoms with E-state index in [2.05, 4.69) is 46.2 Å². The van der Waals surface area contributed by atoms with Gasteiger partial charge in [-0.25, -0.2) is 4.79 Å². The molecule has 0 saturated carbocycles. The quantitative estimate of drug-likeness (QED) is 0.0356. The molecule has 1 aliphatic heterocycles. The molecular weight excluding hydrogens is 554 g/mol. The number of primary amides is 1. The Hall–Kier alpha value is -3.25. The fourth-order valence-electron chi connectivity index (χ4n) is 3.77. The minimum absolute atomic E-state index is 0.0633. The van der Waals surface area contributed by atoms with Gasteiger partial charge in [-0.1, -0.05) is 0 Å². The van der Waals surface area contributed by atoms with Gasteiger partial charge in [0.1, 0.15) is 24.2 Å². The van der Waals surface area contributed by atoms with Gasteiger partial charge in [-0.3, -0.25) is 29.0 Å². The first-order valence-corrected chi connectivity index (χ1v) is 13.3. The number of guanidine groups is 1. The number of nitrogens with two attached hydrogens (primary N) is 4. The van der Waals surface area contributed by atoms with Crippen molar-refractivity contribution in [1.29, 1.82) is 0 Å². The summed E-state index contributed by atoms with van der Waals surface area (Å²) in [5.74, 6) is -5.28. The first kappa shape index (κ1) is 33.8. The van der Waals surface area contributed by atoms with E-state index in [4.69, 9.17) is 22.9 Å². The van der Waals surface area contributed by atoms with Crippen LogP contribution in [-0.2, 0) is 28.8 Å². The number of amides is 5. The lowest BCUT2D eigenvalue weighted by Gasteiger charge is -2.29.